The zero-order valence-electron chi connectivity index (χ0n) is 8.05. The van der Waals surface area contributed by atoms with Crippen LogP contribution in [0.25, 0.3) is 0 Å². The molecule has 0 unspecified atom stereocenters. The molecule has 2 rings (SSSR count). The van der Waals surface area contributed by atoms with Gasteiger partial charge in [0.05, 0.1) is 6.42 Å². The monoisotopic (exact) mass is 187 g/mol. The number of nitrogens with one attached hydrogen (secondary N) is 1. The fraction of sp³-hybridized carbons (Fsp3) is 0.250. The highest BCUT2D eigenvalue weighted by Gasteiger charge is 2.16. The van der Waals surface area contributed by atoms with Crippen molar-refractivity contribution in [2.45, 2.75) is 19.3 Å². The highest BCUT2D eigenvalue weighted by molar-refractivity contribution is 5.99. The van der Waals surface area contributed by atoms with Crippen LogP contribution in [0.15, 0.2) is 30.9 Å². The van der Waals surface area contributed by atoms with Crippen LogP contribution in [0, 0.1) is 0 Å². The SMILES string of the molecule is C=CCCc1ccc2c(c1)CC(=O)N2. The minimum atomic E-state index is 0.0980. The molecule has 0 fully saturated rings. The van der Waals surface area contributed by atoms with Gasteiger partial charge in [0.1, 0.15) is 0 Å². The number of carbonyl (C=O) groups is 1. The minimum absolute atomic E-state index is 0.0980. The number of aryl methyl sites for hydroxylation is 1. The lowest BCUT2D eigenvalue weighted by atomic mass is 10.0. The number of anilines is 1. The van der Waals surface area contributed by atoms with E-state index in [1.54, 1.807) is 0 Å². The molecule has 1 N–H and O–H groups in total. The van der Waals surface area contributed by atoms with Crippen molar-refractivity contribution in [1.82, 2.24) is 0 Å². The average Bonchev–Trinajstić information content (AvgIpc) is 2.54. The highest BCUT2D eigenvalue weighted by Crippen LogP contribution is 2.24. The highest BCUT2D eigenvalue weighted by atomic mass is 16.1. The van der Waals surface area contributed by atoms with E-state index in [9.17, 15) is 4.79 Å². The van der Waals surface area contributed by atoms with Gasteiger partial charge in [-0.05, 0) is 30.0 Å². The molecule has 0 saturated carbocycles. The van der Waals surface area contributed by atoms with Crippen LogP contribution >= 0.6 is 0 Å². The van der Waals surface area contributed by atoms with Crippen molar-refractivity contribution in [2.24, 2.45) is 0 Å². The molecule has 0 spiro atoms. The molecule has 2 nitrogen and oxygen atoms in total. The van der Waals surface area contributed by atoms with Crippen molar-refractivity contribution >= 4 is 11.6 Å². The molecule has 0 radical (unpaired) electrons. The summed E-state index contributed by atoms with van der Waals surface area (Å²) in [5.74, 6) is 0.0980. The normalized spacial score (nSPS) is 13.6. The van der Waals surface area contributed by atoms with Crippen LogP contribution in [-0.2, 0) is 17.6 Å². The number of hydrogen-bond donors (Lipinski definition) is 1. The molecule has 0 aromatic heterocycles. The molecule has 1 aliphatic heterocycles. The maximum atomic E-state index is 11.1. The number of fused-ring (bicyclic) bond motifs is 1. The molecule has 1 amide bonds. The van der Waals surface area contributed by atoms with Gasteiger partial charge in [0.2, 0.25) is 5.91 Å². The summed E-state index contributed by atoms with van der Waals surface area (Å²) in [6, 6.07) is 6.16. The second-order valence-electron chi connectivity index (χ2n) is 3.54. The van der Waals surface area contributed by atoms with Crippen molar-refractivity contribution in [3.8, 4) is 0 Å². The van der Waals surface area contributed by atoms with Gasteiger partial charge in [0.15, 0.2) is 0 Å². The summed E-state index contributed by atoms with van der Waals surface area (Å²) in [4.78, 5) is 11.1. The number of rotatable bonds is 3. The number of carbonyl (C=O) groups excluding carboxylic acids is 1. The topological polar surface area (TPSA) is 29.1 Å². The van der Waals surface area contributed by atoms with Crippen molar-refractivity contribution < 1.29 is 4.79 Å². The van der Waals surface area contributed by atoms with Crippen LogP contribution in [0.4, 0.5) is 5.69 Å². The summed E-state index contributed by atoms with van der Waals surface area (Å²) in [6.07, 6.45) is 4.43. The molecule has 2 heteroatoms. The molecule has 14 heavy (non-hydrogen) atoms. The fourth-order valence-electron chi connectivity index (χ4n) is 1.71. The summed E-state index contributed by atoms with van der Waals surface area (Å²) in [5.41, 5.74) is 3.37. The van der Waals surface area contributed by atoms with E-state index >= 15 is 0 Å². The second kappa shape index (κ2) is 3.66. The maximum Gasteiger partial charge on any atom is 0.228 e. The summed E-state index contributed by atoms with van der Waals surface area (Å²) >= 11 is 0. The molecular formula is C12H13NO. The molecule has 72 valence electrons. The maximum absolute atomic E-state index is 11.1. The first-order valence-electron chi connectivity index (χ1n) is 4.82. The fourth-order valence-corrected chi connectivity index (χ4v) is 1.71. The van der Waals surface area contributed by atoms with E-state index < -0.39 is 0 Å². The first-order valence-corrected chi connectivity index (χ1v) is 4.82. The lowest BCUT2D eigenvalue weighted by Crippen LogP contribution is -2.03. The second-order valence-corrected chi connectivity index (χ2v) is 3.54. The summed E-state index contributed by atoms with van der Waals surface area (Å²) < 4.78 is 0. The van der Waals surface area contributed by atoms with Gasteiger partial charge < -0.3 is 5.32 Å². The Kier molecular flexibility index (Phi) is 2.35. The van der Waals surface area contributed by atoms with Gasteiger partial charge in [-0.1, -0.05) is 18.2 Å². The number of benzene rings is 1. The molecule has 0 saturated heterocycles. The van der Waals surface area contributed by atoms with E-state index in [2.05, 4.69) is 24.0 Å². The van der Waals surface area contributed by atoms with Gasteiger partial charge in [-0.3, -0.25) is 4.79 Å². The van der Waals surface area contributed by atoms with Crippen molar-refractivity contribution in [2.75, 3.05) is 5.32 Å². The Morgan fingerprint density at radius 3 is 3.14 bits per heavy atom. The van der Waals surface area contributed by atoms with Crippen molar-refractivity contribution in [3.05, 3.63) is 42.0 Å². The first kappa shape index (κ1) is 9.00. The van der Waals surface area contributed by atoms with Gasteiger partial charge in [0.25, 0.3) is 0 Å². The van der Waals surface area contributed by atoms with Crippen LogP contribution in [-0.4, -0.2) is 5.91 Å². The Hall–Kier alpha value is -1.57. The zero-order valence-corrected chi connectivity index (χ0v) is 8.05. The average molecular weight is 187 g/mol. The van der Waals surface area contributed by atoms with E-state index in [1.807, 2.05) is 12.1 Å². The molecule has 1 heterocycles. The van der Waals surface area contributed by atoms with Crippen LogP contribution < -0.4 is 5.32 Å². The van der Waals surface area contributed by atoms with Gasteiger partial charge in [-0.25, -0.2) is 0 Å². The smallest absolute Gasteiger partial charge is 0.228 e. The van der Waals surface area contributed by atoms with Crippen LogP contribution in [0.2, 0.25) is 0 Å². The predicted molar refractivity (Wildman–Crippen MR) is 57.3 cm³/mol. The molecular weight excluding hydrogens is 174 g/mol. The Balaban J connectivity index is 2.19. The van der Waals surface area contributed by atoms with Crippen LogP contribution in [0.1, 0.15) is 17.5 Å². The number of hydrogen-bond acceptors (Lipinski definition) is 1. The lowest BCUT2D eigenvalue weighted by molar-refractivity contribution is -0.115. The van der Waals surface area contributed by atoms with E-state index in [0.717, 1.165) is 24.1 Å². The molecule has 0 bridgehead atoms. The summed E-state index contributed by atoms with van der Waals surface area (Å²) in [5, 5.41) is 2.82. The Labute approximate surface area is 83.6 Å². The quantitative estimate of drug-likeness (QED) is 0.723. The largest absolute Gasteiger partial charge is 0.326 e. The van der Waals surface area contributed by atoms with E-state index in [0.29, 0.717) is 6.42 Å². The lowest BCUT2D eigenvalue weighted by Gasteiger charge is -2.02. The van der Waals surface area contributed by atoms with Crippen molar-refractivity contribution in [1.29, 1.82) is 0 Å². The number of allylic oxidation sites excluding steroid dienone is 1. The van der Waals surface area contributed by atoms with Gasteiger partial charge in [0, 0.05) is 5.69 Å². The standard InChI is InChI=1S/C12H13NO/c1-2-3-4-9-5-6-11-10(7-9)8-12(14)13-11/h2,5-7H,1,3-4,8H2,(H,13,14). The van der Waals surface area contributed by atoms with Gasteiger partial charge >= 0.3 is 0 Å². The van der Waals surface area contributed by atoms with Gasteiger partial charge in [-0.2, -0.15) is 0 Å². The predicted octanol–water partition coefficient (Wildman–Crippen LogP) is 2.30. The Morgan fingerprint density at radius 2 is 2.36 bits per heavy atom. The Bertz CT molecular complexity index is 382. The third-order valence-electron chi connectivity index (χ3n) is 2.43. The minimum Gasteiger partial charge on any atom is -0.326 e. The molecule has 1 aromatic carbocycles. The van der Waals surface area contributed by atoms with E-state index in [4.69, 9.17) is 0 Å². The summed E-state index contributed by atoms with van der Waals surface area (Å²) in [7, 11) is 0. The van der Waals surface area contributed by atoms with E-state index in [1.165, 1.54) is 5.56 Å². The van der Waals surface area contributed by atoms with E-state index in [-0.39, 0.29) is 5.91 Å². The zero-order chi connectivity index (χ0) is 9.97. The molecule has 0 atom stereocenters. The molecule has 1 aliphatic rings. The third-order valence-corrected chi connectivity index (χ3v) is 2.43. The van der Waals surface area contributed by atoms with Gasteiger partial charge in [-0.15, -0.1) is 6.58 Å². The molecule has 0 aliphatic carbocycles. The van der Waals surface area contributed by atoms with Crippen molar-refractivity contribution in [3.63, 3.8) is 0 Å². The molecule has 1 aromatic rings. The number of amides is 1. The Morgan fingerprint density at radius 1 is 1.50 bits per heavy atom. The van der Waals surface area contributed by atoms with Crippen LogP contribution in [0.3, 0.4) is 0 Å². The third kappa shape index (κ3) is 1.69. The van der Waals surface area contributed by atoms with Crippen LogP contribution in [0.5, 0.6) is 0 Å². The summed E-state index contributed by atoms with van der Waals surface area (Å²) in [6.45, 7) is 3.69. The first-order chi connectivity index (χ1) is 6.79.